The van der Waals surface area contributed by atoms with Crippen LogP contribution in [-0.2, 0) is 26.7 Å². The number of amides is 1. The molecule has 0 saturated carbocycles. The van der Waals surface area contributed by atoms with Gasteiger partial charge in [0.15, 0.2) is 0 Å². The van der Waals surface area contributed by atoms with Gasteiger partial charge in [0.1, 0.15) is 0 Å². The highest BCUT2D eigenvalue weighted by molar-refractivity contribution is 5.92. The van der Waals surface area contributed by atoms with Gasteiger partial charge in [0.25, 0.3) is 0 Å². The van der Waals surface area contributed by atoms with Crippen LogP contribution in [0.5, 0.6) is 0 Å². The summed E-state index contributed by atoms with van der Waals surface area (Å²) in [5.41, 5.74) is -3.62. The van der Waals surface area contributed by atoms with E-state index in [0.717, 1.165) is 0 Å². The van der Waals surface area contributed by atoms with Crippen LogP contribution in [0.25, 0.3) is 0 Å². The van der Waals surface area contributed by atoms with Gasteiger partial charge in [-0.05, 0) is 44.5 Å². The minimum absolute atomic E-state index is 0.00969. The largest absolute Gasteiger partial charge is 0.466 e. The van der Waals surface area contributed by atoms with E-state index in [-0.39, 0.29) is 25.8 Å². The molecule has 1 unspecified atom stereocenters. The van der Waals surface area contributed by atoms with Gasteiger partial charge in [-0.3, -0.25) is 14.5 Å². The number of ether oxygens (including phenoxy) is 1. The molecule has 1 atom stereocenters. The van der Waals surface area contributed by atoms with E-state index < -0.39 is 47.0 Å². The molecule has 0 aliphatic carbocycles. The van der Waals surface area contributed by atoms with Crippen LogP contribution in [0.15, 0.2) is 18.2 Å². The van der Waals surface area contributed by atoms with Crippen molar-refractivity contribution in [3.8, 4) is 0 Å². The van der Waals surface area contributed by atoms with Crippen LogP contribution >= 0.6 is 0 Å². The monoisotopic (exact) mass is 426 g/mol. The van der Waals surface area contributed by atoms with Crippen LogP contribution in [0.1, 0.15) is 30.9 Å². The SMILES string of the molecule is CCOC(=O)C1CCCN(CC(=O)Nc2cc(C(F)(F)F)cc(C(F)(F)F)c2)C1. The molecule has 162 valence electrons. The van der Waals surface area contributed by atoms with Gasteiger partial charge < -0.3 is 10.1 Å². The number of nitrogens with one attached hydrogen (secondary N) is 1. The second kappa shape index (κ2) is 9.02. The second-order valence-corrected chi connectivity index (χ2v) is 6.67. The summed E-state index contributed by atoms with van der Waals surface area (Å²) in [6.07, 6.45) is -8.81. The summed E-state index contributed by atoms with van der Waals surface area (Å²) >= 11 is 0. The average Bonchev–Trinajstić information content (AvgIpc) is 2.60. The number of esters is 1. The van der Waals surface area contributed by atoms with E-state index in [1.807, 2.05) is 0 Å². The van der Waals surface area contributed by atoms with Crippen molar-refractivity contribution in [3.05, 3.63) is 29.3 Å². The Bertz CT molecular complexity index is 716. The normalized spacial score (nSPS) is 18.4. The molecule has 1 aromatic rings. The van der Waals surface area contributed by atoms with E-state index in [1.54, 1.807) is 11.8 Å². The lowest BCUT2D eigenvalue weighted by atomic mass is 9.98. The summed E-state index contributed by atoms with van der Waals surface area (Å²) in [7, 11) is 0. The maximum absolute atomic E-state index is 12.9. The van der Waals surface area contributed by atoms with E-state index in [9.17, 15) is 35.9 Å². The van der Waals surface area contributed by atoms with Crippen molar-refractivity contribution in [3.63, 3.8) is 0 Å². The molecular weight excluding hydrogens is 406 g/mol. The number of carbonyl (C=O) groups is 2. The van der Waals surface area contributed by atoms with E-state index >= 15 is 0 Å². The average molecular weight is 426 g/mol. The zero-order chi connectivity index (χ0) is 21.8. The molecule has 2 rings (SSSR count). The fraction of sp³-hybridized carbons (Fsp3) is 0.556. The summed E-state index contributed by atoms with van der Waals surface area (Å²) in [6.45, 7) is 2.30. The van der Waals surface area contributed by atoms with Gasteiger partial charge in [0.2, 0.25) is 5.91 Å². The topological polar surface area (TPSA) is 58.6 Å². The first-order chi connectivity index (χ1) is 13.4. The molecule has 0 radical (unpaired) electrons. The summed E-state index contributed by atoms with van der Waals surface area (Å²) in [6, 6.07) is 0.889. The van der Waals surface area contributed by atoms with Crippen LogP contribution in [-0.4, -0.2) is 43.0 Å². The van der Waals surface area contributed by atoms with Crippen molar-refractivity contribution in [2.24, 2.45) is 5.92 Å². The number of benzene rings is 1. The molecule has 1 fully saturated rings. The highest BCUT2D eigenvalue weighted by Crippen LogP contribution is 2.37. The molecule has 1 heterocycles. The van der Waals surface area contributed by atoms with Crippen LogP contribution < -0.4 is 5.32 Å². The number of nitrogens with zero attached hydrogens (tertiary/aromatic N) is 1. The quantitative estimate of drug-likeness (QED) is 0.573. The van der Waals surface area contributed by atoms with Gasteiger partial charge in [-0.25, -0.2) is 0 Å². The first kappa shape index (κ1) is 23.0. The van der Waals surface area contributed by atoms with Crippen molar-refractivity contribution in [1.82, 2.24) is 4.90 Å². The highest BCUT2D eigenvalue weighted by atomic mass is 19.4. The predicted molar refractivity (Wildman–Crippen MR) is 90.9 cm³/mol. The lowest BCUT2D eigenvalue weighted by Gasteiger charge is -2.30. The van der Waals surface area contributed by atoms with Crippen LogP contribution in [0.3, 0.4) is 0 Å². The number of hydrogen-bond donors (Lipinski definition) is 1. The van der Waals surface area contributed by atoms with Gasteiger partial charge in [0, 0.05) is 12.2 Å². The van der Waals surface area contributed by atoms with Gasteiger partial charge in [-0.1, -0.05) is 0 Å². The maximum Gasteiger partial charge on any atom is 0.416 e. The van der Waals surface area contributed by atoms with Crippen molar-refractivity contribution >= 4 is 17.6 Å². The number of carbonyl (C=O) groups excluding carboxylic acids is 2. The molecule has 1 N–H and O–H groups in total. The molecule has 0 bridgehead atoms. The molecule has 1 aliphatic heterocycles. The molecule has 0 aromatic heterocycles. The highest BCUT2D eigenvalue weighted by Gasteiger charge is 2.37. The first-order valence-corrected chi connectivity index (χ1v) is 8.88. The Morgan fingerprint density at radius 2 is 1.69 bits per heavy atom. The summed E-state index contributed by atoms with van der Waals surface area (Å²) < 4.78 is 82.3. The second-order valence-electron chi connectivity index (χ2n) is 6.67. The Labute approximate surface area is 163 Å². The third kappa shape index (κ3) is 6.62. The van der Waals surface area contributed by atoms with Gasteiger partial charge in [-0.2, -0.15) is 26.3 Å². The summed E-state index contributed by atoms with van der Waals surface area (Å²) in [4.78, 5) is 25.6. The molecule has 1 aliphatic rings. The summed E-state index contributed by atoms with van der Waals surface area (Å²) in [5.74, 6) is -1.60. The van der Waals surface area contributed by atoms with E-state index in [2.05, 4.69) is 5.32 Å². The zero-order valence-electron chi connectivity index (χ0n) is 15.5. The fourth-order valence-electron chi connectivity index (χ4n) is 3.08. The van der Waals surface area contributed by atoms with Crippen molar-refractivity contribution < 1.29 is 40.7 Å². The molecule has 1 saturated heterocycles. The summed E-state index contributed by atoms with van der Waals surface area (Å²) in [5, 5.41) is 2.09. The van der Waals surface area contributed by atoms with Gasteiger partial charge in [-0.15, -0.1) is 0 Å². The number of likely N-dealkylation sites (tertiary alicyclic amines) is 1. The smallest absolute Gasteiger partial charge is 0.416 e. The molecular formula is C18H20F6N2O3. The minimum atomic E-state index is -5.00. The van der Waals surface area contributed by atoms with E-state index in [1.165, 1.54) is 0 Å². The number of alkyl halides is 6. The Morgan fingerprint density at radius 1 is 1.10 bits per heavy atom. The van der Waals surface area contributed by atoms with Crippen LogP contribution in [0.4, 0.5) is 32.0 Å². The zero-order valence-corrected chi connectivity index (χ0v) is 15.5. The Kier molecular flexibility index (Phi) is 7.15. The molecule has 5 nitrogen and oxygen atoms in total. The number of hydrogen-bond acceptors (Lipinski definition) is 4. The van der Waals surface area contributed by atoms with E-state index in [0.29, 0.717) is 31.5 Å². The Hall–Kier alpha value is -2.30. The molecule has 29 heavy (non-hydrogen) atoms. The standard InChI is InChI=1S/C18H20F6N2O3/c1-2-29-16(28)11-4-3-5-26(9-11)10-15(27)25-14-7-12(17(19,20)21)6-13(8-14)18(22,23)24/h6-8,11H,2-5,9-10H2,1H3,(H,25,27). The molecule has 1 aromatic carbocycles. The van der Waals surface area contributed by atoms with Crippen LogP contribution in [0, 0.1) is 5.92 Å². The van der Waals surface area contributed by atoms with Crippen LogP contribution in [0.2, 0.25) is 0 Å². The number of rotatable bonds is 5. The van der Waals surface area contributed by atoms with Crippen molar-refractivity contribution in [2.75, 3.05) is 31.6 Å². The number of halogens is 6. The number of piperidine rings is 1. The molecule has 11 heteroatoms. The Morgan fingerprint density at radius 3 is 2.21 bits per heavy atom. The van der Waals surface area contributed by atoms with Gasteiger partial charge in [0.05, 0.1) is 30.2 Å². The maximum atomic E-state index is 12.9. The third-order valence-corrected chi connectivity index (χ3v) is 4.36. The fourth-order valence-corrected chi connectivity index (χ4v) is 3.08. The predicted octanol–water partition coefficient (Wildman–Crippen LogP) is 3.94. The first-order valence-electron chi connectivity index (χ1n) is 8.88. The lowest BCUT2D eigenvalue weighted by Crippen LogP contribution is -2.43. The number of anilines is 1. The van der Waals surface area contributed by atoms with Crippen molar-refractivity contribution in [2.45, 2.75) is 32.1 Å². The molecule has 0 spiro atoms. The third-order valence-electron chi connectivity index (χ3n) is 4.36. The van der Waals surface area contributed by atoms with E-state index in [4.69, 9.17) is 4.74 Å². The van der Waals surface area contributed by atoms with Gasteiger partial charge >= 0.3 is 18.3 Å². The minimum Gasteiger partial charge on any atom is -0.466 e. The van der Waals surface area contributed by atoms with Crippen molar-refractivity contribution in [1.29, 1.82) is 0 Å². The lowest BCUT2D eigenvalue weighted by molar-refractivity contribution is -0.150. The molecule has 1 amide bonds. The Balaban J connectivity index is 2.09.